The summed E-state index contributed by atoms with van der Waals surface area (Å²) in [6.07, 6.45) is 1.89. The van der Waals surface area contributed by atoms with Crippen LogP contribution in [0.5, 0.6) is 0 Å². The number of ether oxygens (including phenoxy) is 1. The number of para-hydroxylation sites is 1. The van der Waals surface area contributed by atoms with Crippen LogP contribution in [0.15, 0.2) is 24.3 Å². The Morgan fingerprint density at radius 1 is 1.36 bits per heavy atom. The average Bonchev–Trinajstić information content (AvgIpc) is 2.70. The Morgan fingerprint density at radius 3 is 2.79 bits per heavy atom. The second-order valence-electron chi connectivity index (χ2n) is 8.21. The average molecular weight is 383 g/mol. The Labute approximate surface area is 165 Å². The minimum absolute atomic E-state index is 0.0455. The fourth-order valence-electron chi connectivity index (χ4n) is 4.82. The lowest BCUT2D eigenvalue weighted by Crippen LogP contribution is -2.62. The van der Waals surface area contributed by atoms with Crippen LogP contribution in [0.25, 0.3) is 10.9 Å². The van der Waals surface area contributed by atoms with Crippen molar-refractivity contribution in [3.63, 3.8) is 0 Å². The van der Waals surface area contributed by atoms with E-state index >= 15 is 0 Å². The zero-order chi connectivity index (χ0) is 19.9. The van der Waals surface area contributed by atoms with Crippen LogP contribution >= 0.6 is 0 Å². The van der Waals surface area contributed by atoms with E-state index in [4.69, 9.17) is 10.5 Å². The predicted molar refractivity (Wildman–Crippen MR) is 108 cm³/mol. The first-order valence-corrected chi connectivity index (χ1v) is 10.1. The van der Waals surface area contributed by atoms with E-state index in [-0.39, 0.29) is 23.5 Å². The number of piperidine rings is 1. The predicted octanol–water partition coefficient (Wildman–Crippen LogP) is 2.18. The first-order chi connectivity index (χ1) is 13.5. The molecule has 1 spiro atoms. The van der Waals surface area contributed by atoms with Crippen LogP contribution in [0.3, 0.4) is 0 Å². The van der Waals surface area contributed by atoms with Crippen LogP contribution in [0.1, 0.15) is 40.9 Å². The highest BCUT2D eigenvalue weighted by Gasteiger charge is 2.56. The SMILES string of the molecule is Cc1cc(C(=O)N2CCC3(CC2)[C@H](O)C[C@@H]3OCCN)c2cccc(C)c2n1. The molecule has 0 radical (unpaired) electrons. The molecule has 1 aromatic carbocycles. The number of benzene rings is 1. The van der Waals surface area contributed by atoms with Crippen molar-refractivity contribution in [3.8, 4) is 0 Å². The summed E-state index contributed by atoms with van der Waals surface area (Å²) in [6, 6.07) is 7.85. The van der Waals surface area contributed by atoms with E-state index in [0.717, 1.165) is 35.0 Å². The number of carbonyl (C=O) groups is 1. The number of hydrogen-bond acceptors (Lipinski definition) is 5. The van der Waals surface area contributed by atoms with Crippen molar-refractivity contribution in [2.45, 2.75) is 45.3 Å². The molecule has 4 rings (SSSR count). The molecule has 6 heteroatoms. The highest BCUT2D eigenvalue weighted by molar-refractivity contribution is 6.06. The fourth-order valence-corrected chi connectivity index (χ4v) is 4.82. The van der Waals surface area contributed by atoms with Crippen molar-refractivity contribution in [3.05, 3.63) is 41.1 Å². The Bertz CT molecular complexity index is 890. The van der Waals surface area contributed by atoms with Gasteiger partial charge >= 0.3 is 0 Å². The lowest BCUT2D eigenvalue weighted by atomic mass is 9.58. The Kier molecular flexibility index (Phi) is 5.12. The van der Waals surface area contributed by atoms with Gasteiger partial charge in [-0.05, 0) is 38.3 Å². The molecule has 1 saturated heterocycles. The molecule has 1 aromatic heterocycles. The molecule has 6 nitrogen and oxygen atoms in total. The summed E-state index contributed by atoms with van der Waals surface area (Å²) >= 11 is 0. The van der Waals surface area contributed by atoms with E-state index in [1.165, 1.54) is 0 Å². The molecule has 1 amide bonds. The van der Waals surface area contributed by atoms with Gasteiger partial charge in [-0.1, -0.05) is 18.2 Å². The van der Waals surface area contributed by atoms with Gasteiger partial charge in [0.2, 0.25) is 0 Å². The van der Waals surface area contributed by atoms with E-state index in [0.29, 0.717) is 38.2 Å². The third-order valence-corrected chi connectivity index (χ3v) is 6.56. The maximum atomic E-state index is 13.3. The molecule has 1 saturated carbocycles. The number of amides is 1. The number of aryl methyl sites for hydroxylation is 2. The van der Waals surface area contributed by atoms with Gasteiger partial charge in [-0.2, -0.15) is 0 Å². The fraction of sp³-hybridized carbons (Fsp3) is 0.545. The summed E-state index contributed by atoms with van der Waals surface area (Å²) in [5.74, 6) is 0.0455. The van der Waals surface area contributed by atoms with Crippen LogP contribution in [0.2, 0.25) is 0 Å². The third kappa shape index (κ3) is 3.09. The van der Waals surface area contributed by atoms with Gasteiger partial charge in [-0.25, -0.2) is 0 Å². The van der Waals surface area contributed by atoms with Crippen molar-refractivity contribution >= 4 is 16.8 Å². The molecular weight excluding hydrogens is 354 g/mol. The van der Waals surface area contributed by atoms with E-state index < -0.39 is 0 Å². The number of nitrogens with zero attached hydrogens (tertiary/aromatic N) is 2. The smallest absolute Gasteiger partial charge is 0.254 e. The largest absolute Gasteiger partial charge is 0.392 e. The van der Waals surface area contributed by atoms with Crippen molar-refractivity contribution < 1.29 is 14.6 Å². The third-order valence-electron chi connectivity index (χ3n) is 6.56. The molecule has 1 aliphatic heterocycles. The standard InChI is InChI=1S/C22H29N3O3/c1-14-4-3-5-16-17(12-15(2)24-20(14)16)21(27)25-9-6-22(7-10-25)18(26)13-19(22)28-11-8-23/h3-5,12,18-19,26H,6-11,13,23H2,1-2H3/t18-,19+/m1/s1. The maximum Gasteiger partial charge on any atom is 0.254 e. The minimum atomic E-state index is -0.348. The van der Waals surface area contributed by atoms with Gasteiger partial charge in [0.1, 0.15) is 0 Å². The number of rotatable bonds is 4. The van der Waals surface area contributed by atoms with Crippen molar-refractivity contribution in [2.24, 2.45) is 11.1 Å². The summed E-state index contributed by atoms with van der Waals surface area (Å²) in [4.78, 5) is 19.9. The van der Waals surface area contributed by atoms with Crippen LogP contribution in [-0.4, -0.2) is 59.3 Å². The van der Waals surface area contributed by atoms with Crippen LogP contribution in [0.4, 0.5) is 0 Å². The number of nitrogens with two attached hydrogens (primary N) is 1. The molecule has 2 fully saturated rings. The first-order valence-electron chi connectivity index (χ1n) is 10.1. The number of hydrogen-bond donors (Lipinski definition) is 2. The molecule has 2 aliphatic rings. The molecule has 150 valence electrons. The van der Waals surface area contributed by atoms with E-state index in [1.54, 1.807) is 0 Å². The van der Waals surface area contributed by atoms with Gasteiger partial charge in [-0.15, -0.1) is 0 Å². The molecule has 1 aliphatic carbocycles. The number of aliphatic hydroxyl groups is 1. The highest BCUT2D eigenvalue weighted by Crippen LogP contribution is 2.51. The van der Waals surface area contributed by atoms with Crippen molar-refractivity contribution in [2.75, 3.05) is 26.2 Å². The zero-order valence-electron chi connectivity index (χ0n) is 16.6. The minimum Gasteiger partial charge on any atom is -0.392 e. The zero-order valence-corrected chi connectivity index (χ0v) is 16.6. The van der Waals surface area contributed by atoms with E-state index in [2.05, 4.69) is 4.98 Å². The first kappa shape index (κ1) is 19.3. The molecule has 0 bridgehead atoms. The lowest BCUT2D eigenvalue weighted by molar-refractivity contribution is -0.207. The molecule has 2 atom stereocenters. The monoisotopic (exact) mass is 383 g/mol. The second kappa shape index (κ2) is 7.43. The van der Waals surface area contributed by atoms with Crippen LogP contribution in [-0.2, 0) is 4.74 Å². The maximum absolute atomic E-state index is 13.3. The highest BCUT2D eigenvalue weighted by atomic mass is 16.5. The van der Waals surface area contributed by atoms with Crippen molar-refractivity contribution in [1.29, 1.82) is 0 Å². The number of aromatic nitrogens is 1. The molecule has 0 unspecified atom stereocenters. The lowest BCUT2D eigenvalue weighted by Gasteiger charge is -2.56. The normalized spacial score (nSPS) is 23.8. The topological polar surface area (TPSA) is 88.7 Å². The molecule has 3 N–H and O–H groups in total. The van der Waals surface area contributed by atoms with Gasteiger partial charge < -0.3 is 20.5 Å². The number of pyridine rings is 1. The molecule has 2 heterocycles. The quantitative estimate of drug-likeness (QED) is 0.845. The Balaban J connectivity index is 1.54. The van der Waals surface area contributed by atoms with Crippen LogP contribution < -0.4 is 5.73 Å². The van der Waals surface area contributed by atoms with E-state index in [1.807, 2.05) is 43.0 Å². The van der Waals surface area contributed by atoms with Crippen molar-refractivity contribution in [1.82, 2.24) is 9.88 Å². The van der Waals surface area contributed by atoms with E-state index in [9.17, 15) is 9.90 Å². The molecular formula is C22H29N3O3. The number of carbonyl (C=O) groups excluding carboxylic acids is 1. The summed E-state index contributed by atoms with van der Waals surface area (Å²) in [5, 5.41) is 11.3. The molecule has 2 aromatic rings. The molecule has 28 heavy (non-hydrogen) atoms. The van der Waals surface area contributed by atoms with Gasteiger partial charge in [0.25, 0.3) is 5.91 Å². The summed E-state index contributed by atoms with van der Waals surface area (Å²) < 4.78 is 5.86. The van der Waals surface area contributed by atoms with Gasteiger partial charge in [0.05, 0.1) is 29.9 Å². The van der Waals surface area contributed by atoms with Gasteiger partial charge in [0, 0.05) is 42.6 Å². The number of fused-ring (bicyclic) bond motifs is 1. The Hall–Kier alpha value is -2.02. The second-order valence-corrected chi connectivity index (χ2v) is 8.21. The van der Waals surface area contributed by atoms with Gasteiger partial charge in [-0.3, -0.25) is 9.78 Å². The number of aliphatic hydroxyl groups excluding tert-OH is 1. The number of likely N-dealkylation sites (tertiary alicyclic amines) is 1. The van der Waals surface area contributed by atoms with Gasteiger partial charge in [0.15, 0.2) is 0 Å². The summed E-state index contributed by atoms with van der Waals surface area (Å²) in [7, 11) is 0. The Morgan fingerprint density at radius 2 is 2.11 bits per heavy atom. The summed E-state index contributed by atoms with van der Waals surface area (Å²) in [6.45, 7) is 6.22. The van der Waals surface area contributed by atoms with Crippen LogP contribution in [0, 0.1) is 19.3 Å². The summed E-state index contributed by atoms with van der Waals surface area (Å²) in [5.41, 5.74) is 8.87.